The molecule has 0 unspecified atom stereocenters. The molecular weight excluding hydrogens is 348 g/mol. The fraction of sp³-hybridized carbons (Fsp3) is 0.400. The maximum atomic E-state index is 9.41. The lowest BCUT2D eigenvalue weighted by Crippen LogP contribution is -2.12. The first-order valence-corrected chi connectivity index (χ1v) is 8.57. The molecule has 21 heavy (non-hydrogen) atoms. The van der Waals surface area contributed by atoms with E-state index < -0.39 is 0 Å². The molecule has 0 saturated heterocycles. The van der Waals surface area contributed by atoms with Gasteiger partial charge in [-0.25, -0.2) is 0 Å². The Hall–Kier alpha value is -1.45. The molecule has 0 spiro atoms. The van der Waals surface area contributed by atoms with Crippen molar-refractivity contribution in [1.82, 2.24) is 10.2 Å². The summed E-state index contributed by atoms with van der Waals surface area (Å²) in [6.45, 7) is 4.82. The van der Waals surface area contributed by atoms with Crippen molar-refractivity contribution in [2.45, 2.75) is 33.1 Å². The molecule has 0 amide bonds. The summed E-state index contributed by atoms with van der Waals surface area (Å²) in [5, 5.41) is 21.1. The molecule has 0 aliphatic carbocycles. The summed E-state index contributed by atoms with van der Waals surface area (Å²) >= 11 is 5.18. The van der Waals surface area contributed by atoms with Gasteiger partial charge in [0.15, 0.2) is 5.82 Å². The van der Waals surface area contributed by atoms with E-state index in [2.05, 4.69) is 43.6 Å². The van der Waals surface area contributed by atoms with Gasteiger partial charge < -0.3 is 5.32 Å². The maximum absolute atomic E-state index is 9.41. The standard InChI is InChI=1S/C15H17BrN4S/c1-3-11-12(9-17)15(20-19-13(11)4-2)18-8-7-10-5-6-14(16)21-10/h5-6H,3-4,7-8H2,1-2H3,(H,18,20). The van der Waals surface area contributed by atoms with E-state index in [9.17, 15) is 5.26 Å². The van der Waals surface area contributed by atoms with Crippen LogP contribution in [0.1, 0.15) is 35.5 Å². The average Bonchev–Trinajstić information content (AvgIpc) is 2.91. The van der Waals surface area contributed by atoms with E-state index in [1.807, 2.05) is 19.9 Å². The van der Waals surface area contributed by atoms with Gasteiger partial charge in [0.2, 0.25) is 0 Å². The zero-order valence-corrected chi connectivity index (χ0v) is 14.5. The van der Waals surface area contributed by atoms with Gasteiger partial charge >= 0.3 is 0 Å². The minimum Gasteiger partial charge on any atom is -0.367 e. The van der Waals surface area contributed by atoms with Gasteiger partial charge in [-0.3, -0.25) is 0 Å². The Morgan fingerprint density at radius 2 is 2.10 bits per heavy atom. The Balaban J connectivity index is 2.11. The number of aryl methyl sites for hydroxylation is 1. The highest BCUT2D eigenvalue weighted by Gasteiger charge is 2.13. The summed E-state index contributed by atoms with van der Waals surface area (Å²) in [5.41, 5.74) is 2.56. The van der Waals surface area contributed by atoms with Crippen molar-refractivity contribution in [2.24, 2.45) is 0 Å². The van der Waals surface area contributed by atoms with Crippen LogP contribution in [0.2, 0.25) is 0 Å². The van der Waals surface area contributed by atoms with Crippen LogP contribution in [0.25, 0.3) is 0 Å². The Bertz CT molecular complexity index is 660. The van der Waals surface area contributed by atoms with Gasteiger partial charge in [-0.15, -0.1) is 16.4 Å². The number of rotatable bonds is 6. The van der Waals surface area contributed by atoms with Crippen molar-refractivity contribution in [3.8, 4) is 6.07 Å². The lowest BCUT2D eigenvalue weighted by molar-refractivity contribution is 0.867. The molecule has 2 heterocycles. The summed E-state index contributed by atoms with van der Waals surface area (Å²) in [6.07, 6.45) is 2.50. The lowest BCUT2D eigenvalue weighted by atomic mass is 10.0. The summed E-state index contributed by atoms with van der Waals surface area (Å²) in [7, 11) is 0. The number of hydrogen-bond acceptors (Lipinski definition) is 5. The zero-order chi connectivity index (χ0) is 15.2. The topological polar surface area (TPSA) is 61.6 Å². The van der Waals surface area contributed by atoms with Crippen molar-refractivity contribution < 1.29 is 0 Å². The smallest absolute Gasteiger partial charge is 0.166 e. The van der Waals surface area contributed by atoms with E-state index in [1.54, 1.807) is 11.3 Å². The molecule has 6 heteroatoms. The second kappa shape index (κ2) is 7.53. The fourth-order valence-electron chi connectivity index (χ4n) is 2.21. The average molecular weight is 365 g/mol. The van der Waals surface area contributed by atoms with Gasteiger partial charge in [0, 0.05) is 11.4 Å². The quantitative estimate of drug-likeness (QED) is 0.842. The Labute approximate surface area is 137 Å². The summed E-state index contributed by atoms with van der Waals surface area (Å²) < 4.78 is 1.13. The molecule has 4 nitrogen and oxygen atoms in total. The highest BCUT2D eigenvalue weighted by molar-refractivity contribution is 9.11. The zero-order valence-electron chi connectivity index (χ0n) is 12.1. The van der Waals surface area contributed by atoms with Gasteiger partial charge in [-0.05, 0) is 52.9 Å². The summed E-state index contributed by atoms with van der Waals surface area (Å²) in [6, 6.07) is 6.42. The van der Waals surface area contributed by atoms with E-state index in [-0.39, 0.29) is 0 Å². The minimum absolute atomic E-state index is 0.599. The number of thiophene rings is 1. The summed E-state index contributed by atoms with van der Waals surface area (Å²) in [4.78, 5) is 1.29. The molecule has 2 aromatic rings. The molecule has 0 aliphatic rings. The van der Waals surface area contributed by atoms with Crippen molar-refractivity contribution in [1.29, 1.82) is 5.26 Å². The van der Waals surface area contributed by atoms with Gasteiger partial charge in [-0.2, -0.15) is 10.4 Å². The molecule has 0 fully saturated rings. The van der Waals surface area contributed by atoms with Crippen LogP contribution in [0.15, 0.2) is 15.9 Å². The SMILES string of the molecule is CCc1nnc(NCCc2ccc(Br)s2)c(C#N)c1CC. The number of anilines is 1. The third kappa shape index (κ3) is 3.80. The maximum Gasteiger partial charge on any atom is 0.166 e. The van der Waals surface area contributed by atoms with Crippen LogP contribution in [0.4, 0.5) is 5.82 Å². The fourth-order valence-corrected chi connectivity index (χ4v) is 3.69. The van der Waals surface area contributed by atoms with Crippen LogP contribution >= 0.6 is 27.3 Å². The number of halogens is 1. The molecular formula is C15H17BrN4S. The van der Waals surface area contributed by atoms with E-state index >= 15 is 0 Å². The highest BCUT2D eigenvalue weighted by Crippen LogP contribution is 2.23. The van der Waals surface area contributed by atoms with E-state index in [1.165, 1.54) is 4.88 Å². The molecule has 0 radical (unpaired) electrons. The molecule has 2 aromatic heterocycles. The Kier molecular flexibility index (Phi) is 5.71. The van der Waals surface area contributed by atoms with Crippen LogP contribution < -0.4 is 5.32 Å². The number of nitrogens with one attached hydrogen (secondary N) is 1. The van der Waals surface area contributed by atoms with Gasteiger partial charge in [0.1, 0.15) is 11.6 Å². The van der Waals surface area contributed by atoms with Crippen molar-refractivity contribution >= 4 is 33.1 Å². The van der Waals surface area contributed by atoms with Gasteiger partial charge in [-0.1, -0.05) is 13.8 Å². The van der Waals surface area contributed by atoms with E-state index in [0.29, 0.717) is 11.4 Å². The molecule has 0 aromatic carbocycles. The summed E-state index contributed by atoms with van der Waals surface area (Å²) in [5.74, 6) is 0.599. The predicted molar refractivity (Wildman–Crippen MR) is 89.7 cm³/mol. The van der Waals surface area contributed by atoms with E-state index in [0.717, 1.165) is 40.9 Å². The molecule has 0 atom stereocenters. The highest BCUT2D eigenvalue weighted by atomic mass is 79.9. The number of aromatic nitrogens is 2. The number of hydrogen-bond donors (Lipinski definition) is 1. The third-order valence-corrected chi connectivity index (χ3v) is 4.93. The van der Waals surface area contributed by atoms with Gasteiger partial charge in [0.05, 0.1) is 9.48 Å². The van der Waals surface area contributed by atoms with Gasteiger partial charge in [0.25, 0.3) is 0 Å². The van der Waals surface area contributed by atoms with Crippen LogP contribution in [0.3, 0.4) is 0 Å². The molecule has 110 valence electrons. The molecule has 0 saturated carbocycles. The second-order valence-corrected chi connectivity index (χ2v) is 7.10. The molecule has 0 bridgehead atoms. The van der Waals surface area contributed by atoms with Crippen molar-refractivity contribution in [2.75, 3.05) is 11.9 Å². The van der Waals surface area contributed by atoms with Crippen molar-refractivity contribution in [3.05, 3.63) is 37.6 Å². The first-order chi connectivity index (χ1) is 10.2. The molecule has 0 aliphatic heterocycles. The third-order valence-electron chi connectivity index (χ3n) is 3.25. The first kappa shape index (κ1) is 15.9. The van der Waals surface area contributed by atoms with Crippen molar-refractivity contribution in [3.63, 3.8) is 0 Å². The van der Waals surface area contributed by atoms with Crippen LogP contribution in [-0.2, 0) is 19.3 Å². The first-order valence-electron chi connectivity index (χ1n) is 6.96. The minimum atomic E-state index is 0.599. The second-order valence-electron chi connectivity index (χ2n) is 4.55. The van der Waals surface area contributed by atoms with Crippen LogP contribution in [0, 0.1) is 11.3 Å². The molecule has 2 rings (SSSR count). The lowest BCUT2D eigenvalue weighted by Gasteiger charge is -2.11. The monoisotopic (exact) mass is 364 g/mol. The Morgan fingerprint density at radius 1 is 1.29 bits per heavy atom. The number of nitrogens with zero attached hydrogens (tertiary/aromatic N) is 3. The Morgan fingerprint density at radius 3 is 2.67 bits per heavy atom. The normalized spacial score (nSPS) is 10.4. The van der Waals surface area contributed by atoms with Crippen LogP contribution in [-0.4, -0.2) is 16.7 Å². The van der Waals surface area contributed by atoms with E-state index in [4.69, 9.17) is 0 Å². The number of nitriles is 1. The van der Waals surface area contributed by atoms with Crippen LogP contribution in [0.5, 0.6) is 0 Å². The predicted octanol–water partition coefficient (Wildman–Crippen LogP) is 3.95. The largest absolute Gasteiger partial charge is 0.367 e. The molecule has 1 N–H and O–H groups in total.